The smallest absolute Gasteiger partial charge is 0.338 e. The second kappa shape index (κ2) is 12.1. The Morgan fingerprint density at radius 1 is 1.22 bits per heavy atom. The zero-order chi connectivity index (χ0) is 32.0. The lowest BCUT2D eigenvalue weighted by molar-refractivity contribution is -0.385. The molecule has 1 atom stereocenters. The van der Waals surface area contributed by atoms with Crippen molar-refractivity contribution in [2.45, 2.75) is 19.9 Å². The summed E-state index contributed by atoms with van der Waals surface area (Å²) in [5.41, 5.74) is 1.09. The van der Waals surface area contributed by atoms with Crippen LogP contribution in [-0.4, -0.2) is 29.2 Å². The number of esters is 1. The molecule has 0 saturated carbocycles. The molecule has 0 spiro atoms. The van der Waals surface area contributed by atoms with E-state index < -0.39 is 22.5 Å². The lowest BCUT2D eigenvalue weighted by atomic mass is 9.90. The number of carbonyl (C=O) groups is 1. The molecule has 2 aromatic heterocycles. The van der Waals surface area contributed by atoms with Crippen molar-refractivity contribution >= 4 is 67.4 Å². The zero-order valence-corrected chi connectivity index (χ0v) is 27.2. The summed E-state index contributed by atoms with van der Waals surface area (Å²) >= 11 is 10.5. The molecule has 0 saturated heterocycles. The molecular weight excluding hydrogens is 686 g/mol. The number of nitro benzene ring substituents is 1. The van der Waals surface area contributed by atoms with Crippen LogP contribution < -0.4 is 19.6 Å². The first-order chi connectivity index (χ1) is 21.6. The fourth-order valence-electron chi connectivity index (χ4n) is 5.36. The van der Waals surface area contributed by atoms with E-state index in [1.807, 2.05) is 36.4 Å². The monoisotopic (exact) mass is 707 g/mol. The van der Waals surface area contributed by atoms with Gasteiger partial charge < -0.3 is 13.9 Å². The molecule has 0 amide bonds. The summed E-state index contributed by atoms with van der Waals surface area (Å²) in [7, 11) is 1.54. The van der Waals surface area contributed by atoms with Crippen molar-refractivity contribution in [1.29, 1.82) is 0 Å². The minimum absolute atomic E-state index is 0.146. The minimum Gasteiger partial charge on any atom is -0.496 e. The van der Waals surface area contributed by atoms with Crippen LogP contribution in [-0.2, 0) is 9.53 Å². The number of rotatable bonds is 7. The standard InChI is InChI=1S/C32H23BrClN3O7S/c1-4-43-31(39)26-16(2)35-32-36(29(26)27-20-8-6-5-7-17(20)9-11-24(27)42-3)30(38)25(45-32)15-19-10-12-23(44-19)18-13-21(34)28(33)22(14-18)37(40)41/h5-15,29H,4H2,1-3H3/b25-15-/t29-/m1/s1. The number of hydrogen-bond donors (Lipinski definition) is 0. The van der Waals surface area contributed by atoms with Crippen molar-refractivity contribution in [2.75, 3.05) is 13.7 Å². The average Bonchev–Trinajstić information content (AvgIpc) is 3.61. The Labute approximate surface area is 272 Å². The quantitative estimate of drug-likeness (QED) is 0.107. The first-order valence-corrected chi connectivity index (χ1v) is 15.6. The molecule has 13 heteroatoms. The number of allylic oxidation sites excluding steroid dienone is 1. The second-order valence-corrected chi connectivity index (χ2v) is 12.2. The van der Waals surface area contributed by atoms with Gasteiger partial charge in [0, 0.05) is 23.3 Å². The third-order valence-corrected chi connectivity index (χ3v) is 9.67. The highest BCUT2D eigenvalue weighted by atomic mass is 79.9. The maximum absolute atomic E-state index is 14.2. The topological polar surface area (TPSA) is 126 Å². The fourth-order valence-corrected chi connectivity index (χ4v) is 6.98. The van der Waals surface area contributed by atoms with Crippen LogP contribution in [0.2, 0.25) is 5.02 Å². The van der Waals surface area contributed by atoms with E-state index in [2.05, 4.69) is 20.9 Å². The number of furan rings is 1. The van der Waals surface area contributed by atoms with Crippen molar-refractivity contribution in [2.24, 2.45) is 4.99 Å². The van der Waals surface area contributed by atoms with Crippen LogP contribution in [0.4, 0.5) is 5.69 Å². The highest BCUT2D eigenvalue weighted by Gasteiger charge is 2.36. The number of nitrogens with zero attached hydrogens (tertiary/aromatic N) is 3. The van der Waals surface area contributed by atoms with E-state index in [9.17, 15) is 19.7 Å². The Morgan fingerprint density at radius 2 is 2.00 bits per heavy atom. The number of benzene rings is 3. The maximum Gasteiger partial charge on any atom is 0.338 e. The van der Waals surface area contributed by atoms with Crippen LogP contribution in [0.15, 0.2) is 90.6 Å². The number of nitro groups is 1. The molecule has 3 heterocycles. The summed E-state index contributed by atoms with van der Waals surface area (Å²) in [5, 5.41) is 13.4. The van der Waals surface area contributed by atoms with E-state index in [0.717, 1.165) is 22.1 Å². The SMILES string of the molecule is CCOC(=O)C1=C(C)N=c2s/c(=C\c3ccc(-c4cc(Cl)c(Br)c([N+](=O)[O-])c4)o3)c(=O)n2[C@H]1c1c(OC)ccc2ccccc12. The summed E-state index contributed by atoms with van der Waals surface area (Å²) in [4.78, 5) is 43.6. The molecule has 5 aromatic rings. The van der Waals surface area contributed by atoms with Gasteiger partial charge in [0.1, 0.15) is 27.8 Å². The first kappa shape index (κ1) is 30.5. The van der Waals surface area contributed by atoms with Gasteiger partial charge in [-0.3, -0.25) is 19.5 Å². The Hall–Kier alpha value is -4.52. The van der Waals surface area contributed by atoms with Gasteiger partial charge in [-0.05, 0) is 64.8 Å². The molecule has 1 aliphatic rings. The number of halogens is 2. The first-order valence-electron chi connectivity index (χ1n) is 13.6. The highest BCUT2D eigenvalue weighted by molar-refractivity contribution is 9.10. The van der Waals surface area contributed by atoms with Crippen LogP contribution in [0.5, 0.6) is 5.75 Å². The van der Waals surface area contributed by atoms with Crippen LogP contribution in [0.25, 0.3) is 28.2 Å². The van der Waals surface area contributed by atoms with E-state index in [4.69, 9.17) is 25.5 Å². The molecule has 45 heavy (non-hydrogen) atoms. The lowest BCUT2D eigenvalue weighted by Gasteiger charge is -2.27. The molecule has 3 aromatic carbocycles. The molecular formula is C32H23BrClN3O7S. The molecule has 0 radical (unpaired) electrons. The predicted octanol–water partition coefficient (Wildman–Crippen LogP) is 6.54. The number of fused-ring (bicyclic) bond motifs is 2. The normalized spacial score (nSPS) is 14.8. The van der Waals surface area contributed by atoms with Gasteiger partial charge in [-0.15, -0.1) is 0 Å². The summed E-state index contributed by atoms with van der Waals surface area (Å²) < 4.78 is 19.2. The van der Waals surface area contributed by atoms with Gasteiger partial charge in [0.05, 0.1) is 39.5 Å². The summed E-state index contributed by atoms with van der Waals surface area (Å²) in [6.07, 6.45) is 1.57. The van der Waals surface area contributed by atoms with Gasteiger partial charge in [-0.2, -0.15) is 0 Å². The molecule has 0 unspecified atom stereocenters. The fraction of sp³-hybridized carbons (Fsp3) is 0.156. The van der Waals surface area contributed by atoms with Crippen molar-refractivity contribution in [3.63, 3.8) is 0 Å². The largest absolute Gasteiger partial charge is 0.496 e. The molecule has 0 aliphatic carbocycles. The minimum atomic E-state index is -0.888. The second-order valence-electron chi connectivity index (χ2n) is 9.96. The number of carbonyl (C=O) groups excluding carboxylic acids is 1. The third-order valence-electron chi connectivity index (χ3n) is 7.33. The Balaban J connectivity index is 1.54. The van der Waals surface area contributed by atoms with E-state index in [1.165, 1.54) is 10.6 Å². The molecule has 10 nitrogen and oxygen atoms in total. The third kappa shape index (κ3) is 5.39. The number of thiazole rings is 1. The summed E-state index contributed by atoms with van der Waals surface area (Å²) in [6.45, 7) is 3.58. The van der Waals surface area contributed by atoms with Gasteiger partial charge in [-0.25, -0.2) is 9.79 Å². The molecule has 6 rings (SSSR count). The van der Waals surface area contributed by atoms with Gasteiger partial charge >= 0.3 is 5.97 Å². The van der Waals surface area contributed by atoms with E-state index in [0.29, 0.717) is 43.4 Å². The predicted molar refractivity (Wildman–Crippen MR) is 174 cm³/mol. The lowest BCUT2D eigenvalue weighted by Crippen LogP contribution is -2.40. The van der Waals surface area contributed by atoms with E-state index >= 15 is 0 Å². The number of aromatic nitrogens is 1. The van der Waals surface area contributed by atoms with Gasteiger partial charge in [-0.1, -0.05) is 53.3 Å². The van der Waals surface area contributed by atoms with Crippen molar-refractivity contribution < 1.29 is 23.6 Å². The average molecular weight is 709 g/mol. The molecule has 0 bridgehead atoms. The van der Waals surface area contributed by atoms with Gasteiger partial charge in [0.15, 0.2) is 4.80 Å². The molecule has 0 N–H and O–H groups in total. The van der Waals surface area contributed by atoms with Crippen molar-refractivity contribution in [3.05, 3.63) is 123 Å². The number of ether oxygens (including phenoxy) is 2. The highest BCUT2D eigenvalue weighted by Crippen LogP contribution is 2.41. The van der Waals surface area contributed by atoms with Crippen molar-refractivity contribution in [1.82, 2.24) is 4.57 Å². The Bertz CT molecular complexity index is 2250. The van der Waals surface area contributed by atoms with Crippen LogP contribution in [0, 0.1) is 10.1 Å². The van der Waals surface area contributed by atoms with Gasteiger partial charge in [0.25, 0.3) is 11.2 Å². The van der Waals surface area contributed by atoms with E-state index in [-0.39, 0.29) is 27.4 Å². The molecule has 0 fully saturated rings. The summed E-state index contributed by atoms with van der Waals surface area (Å²) in [6, 6.07) is 16.7. The van der Waals surface area contributed by atoms with Crippen LogP contribution >= 0.6 is 38.9 Å². The summed E-state index contributed by atoms with van der Waals surface area (Å²) in [5.74, 6) is 0.580. The van der Waals surface area contributed by atoms with Crippen LogP contribution in [0.3, 0.4) is 0 Å². The van der Waals surface area contributed by atoms with Gasteiger partial charge in [0.2, 0.25) is 0 Å². The maximum atomic E-state index is 14.2. The molecule has 1 aliphatic heterocycles. The number of methoxy groups -OCH3 is 1. The zero-order valence-electron chi connectivity index (χ0n) is 24.0. The van der Waals surface area contributed by atoms with Crippen LogP contribution in [0.1, 0.15) is 31.2 Å². The Morgan fingerprint density at radius 3 is 2.73 bits per heavy atom. The molecule has 228 valence electrons. The van der Waals surface area contributed by atoms with E-state index in [1.54, 1.807) is 45.2 Å². The number of hydrogen-bond acceptors (Lipinski definition) is 9. The Kier molecular flexibility index (Phi) is 8.21. The van der Waals surface area contributed by atoms with Crippen molar-refractivity contribution in [3.8, 4) is 17.1 Å².